The Morgan fingerprint density at radius 3 is 2.43 bits per heavy atom. The van der Waals surface area contributed by atoms with Crippen molar-refractivity contribution in [3.8, 4) is 0 Å². The maximum absolute atomic E-state index is 13.2. The number of benzene rings is 2. The van der Waals surface area contributed by atoms with E-state index in [2.05, 4.69) is 6.58 Å². The molecule has 0 spiro atoms. The largest absolute Gasteiger partial charge is 0.449 e. The van der Waals surface area contributed by atoms with Crippen molar-refractivity contribution >= 4 is 33.6 Å². The Balaban J connectivity index is 2.30. The van der Waals surface area contributed by atoms with Crippen LogP contribution >= 0.6 is 0 Å². The van der Waals surface area contributed by atoms with E-state index < -0.39 is 34.0 Å². The SMILES string of the molecule is C=CCN(c1ccccc1)S(=O)(=O)c1cccc(C(=O)OC(C)C(=O)NC(N)=O)c1. The van der Waals surface area contributed by atoms with Crippen LogP contribution in [0.3, 0.4) is 0 Å². The predicted octanol–water partition coefficient (Wildman–Crippen LogP) is 1.81. The standard InChI is InChI=1S/C20H21N3O6S/c1-3-12-23(16-9-5-4-6-10-16)30(27,28)17-11-7-8-15(13-17)19(25)29-14(2)18(24)22-20(21)26/h3-11,13-14H,1,12H2,2H3,(H3,21,22,24,26). The highest BCUT2D eigenvalue weighted by molar-refractivity contribution is 7.92. The number of ether oxygens (including phenoxy) is 1. The zero-order valence-corrected chi connectivity index (χ0v) is 17.0. The van der Waals surface area contributed by atoms with Gasteiger partial charge in [0.25, 0.3) is 15.9 Å². The molecule has 1 atom stereocenters. The lowest BCUT2D eigenvalue weighted by Crippen LogP contribution is -2.42. The van der Waals surface area contributed by atoms with Crippen molar-refractivity contribution in [1.82, 2.24) is 5.32 Å². The second kappa shape index (κ2) is 9.70. The monoisotopic (exact) mass is 431 g/mol. The number of hydrogen-bond acceptors (Lipinski definition) is 6. The summed E-state index contributed by atoms with van der Waals surface area (Å²) in [4.78, 5) is 34.6. The van der Waals surface area contributed by atoms with Gasteiger partial charge in [0, 0.05) is 0 Å². The van der Waals surface area contributed by atoms with E-state index in [0.717, 1.165) is 10.4 Å². The third kappa shape index (κ3) is 5.45. The number of primary amides is 1. The number of amides is 3. The number of carbonyl (C=O) groups is 3. The summed E-state index contributed by atoms with van der Waals surface area (Å²) in [5.74, 6) is -1.84. The molecule has 0 bridgehead atoms. The molecule has 0 fully saturated rings. The fourth-order valence-electron chi connectivity index (χ4n) is 2.47. The van der Waals surface area contributed by atoms with Gasteiger partial charge < -0.3 is 10.5 Å². The van der Waals surface area contributed by atoms with Crippen molar-refractivity contribution in [2.75, 3.05) is 10.8 Å². The Labute approximate surface area is 174 Å². The van der Waals surface area contributed by atoms with E-state index in [1.54, 1.807) is 35.6 Å². The van der Waals surface area contributed by atoms with Gasteiger partial charge in [-0.2, -0.15) is 0 Å². The van der Waals surface area contributed by atoms with E-state index in [4.69, 9.17) is 10.5 Å². The molecule has 2 rings (SSSR count). The van der Waals surface area contributed by atoms with Crippen molar-refractivity contribution in [3.63, 3.8) is 0 Å². The van der Waals surface area contributed by atoms with Crippen LogP contribution in [0.4, 0.5) is 10.5 Å². The van der Waals surface area contributed by atoms with Gasteiger partial charge in [0.15, 0.2) is 6.10 Å². The number of anilines is 1. The number of para-hydroxylation sites is 1. The highest BCUT2D eigenvalue weighted by atomic mass is 32.2. The number of rotatable bonds is 8. The van der Waals surface area contributed by atoms with Gasteiger partial charge in [0.05, 0.1) is 22.7 Å². The molecule has 30 heavy (non-hydrogen) atoms. The first kappa shape index (κ1) is 22.6. The Bertz CT molecular complexity index is 1050. The van der Waals surface area contributed by atoms with E-state index >= 15 is 0 Å². The maximum atomic E-state index is 13.2. The number of esters is 1. The lowest BCUT2D eigenvalue weighted by atomic mass is 10.2. The zero-order valence-electron chi connectivity index (χ0n) is 16.1. The summed E-state index contributed by atoms with van der Waals surface area (Å²) in [6.07, 6.45) is 0.133. The molecule has 2 aromatic rings. The van der Waals surface area contributed by atoms with Crippen molar-refractivity contribution in [2.24, 2.45) is 5.73 Å². The zero-order chi connectivity index (χ0) is 22.3. The molecule has 2 aromatic carbocycles. The smallest absolute Gasteiger partial charge is 0.338 e. The van der Waals surface area contributed by atoms with Crippen LogP contribution in [0, 0.1) is 0 Å². The number of carbonyl (C=O) groups excluding carboxylic acids is 3. The van der Waals surface area contributed by atoms with E-state index in [1.807, 2.05) is 0 Å². The molecule has 3 amide bonds. The maximum Gasteiger partial charge on any atom is 0.338 e. The molecule has 158 valence electrons. The predicted molar refractivity (Wildman–Crippen MR) is 110 cm³/mol. The van der Waals surface area contributed by atoms with Crippen molar-refractivity contribution in [3.05, 3.63) is 72.8 Å². The Hall–Kier alpha value is -3.66. The van der Waals surface area contributed by atoms with Gasteiger partial charge in [-0.25, -0.2) is 18.0 Å². The molecule has 0 aliphatic heterocycles. The molecule has 0 radical (unpaired) electrons. The third-order valence-electron chi connectivity index (χ3n) is 3.90. The van der Waals surface area contributed by atoms with Crippen LogP contribution in [0.5, 0.6) is 0 Å². The molecule has 0 saturated carbocycles. The van der Waals surface area contributed by atoms with Gasteiger partial charge in [-0.05, 0) is 37.3 Å². The van der Waals surface area contributed by atoms with Crippen LogP contribution in [0.1, 0.15) is 17.3 Å². The first-order chi connectivity index (χ1) is 14.2. The molecule has 0 saturated heterocycles. The molecule has 0 heterocycles. The molecule has 1 unspecified atom stereocenters. The average Bonchev–Trinajstić information content (AvgIpc) is 2.72. The summed E-state index contributed by atoms with van der Waals surface area (Å²) >= 11 is 0. The van der Waals surface area contributed by atoms with Gasteiger partial charge >= 0.3 is 12.0 Å². The van der Waals surface area contributed by atoms with Crippen LogP contribution in [-0.4, -0.2) is 39.0 Å². The lowest BCUT2D eigenvalue weighted by Gasteiger charge is -2.23. The third-order valence-corrected chi connectivity index (χ3v) is 5.69. The average molecular weight is 431 g/mol. The molecule has 0 aliphatic rings. The van der Waals surface area contributed by atoms with E-state index in [9.17, 15) is 22.8 Å². The molecule has 9 nitrogen and oxygen atoms in total. The first-order valence-corrected chi connectivity index (χ1v) is 10.2. The molecular weight excluding hydrogens is 410 g/mol. The summed E-state index contributed by atoms with van der Waals surface area (Å²) in [6, 6.07) is 12.6. The number of sulfonamides is 1. The molecular formula is C20H21N3O6S. The van der Waals surface area contributed by atoms with Crippen LogP contribution < -0.4 is 15.4 Å². The fraction of sp³-hybridized carbons (Fsp3) is 0.150. The van der Waals surface area contributed by atoms with Gasteiger partial charge in [0.1, 0.15) is 0 Å². The molecule has 0 aliphatic carbocycles. The molecule has 10 heteroatoms. The Morgan fingerprint density at radius 2 is 1.83 bits per heavy atom. The second-order valence-corrected chi connectivity index (χ2v) is 7.95. The van der Waals surface area contributed by atoms with Gasteiger partial charge in [0.2, 0.25) is 0 Å². The number of hydrogen-bond donors (Lipinski definition) is 2. The minimum Gasteiger partial charge on any atom is -0.449 e. The lowest BCUT2D eigenvalue weighted by molar-refractivity contribution is -0.127. The number of nitrogens with zero attached hydrogens (tertiary/aromatic N) is 1. The van der Waals surface area contributed by atoms with Gasteiger partial charge in [-0.1, -0.05) is 30.3 Å². The summed E-state index contributed by atoms with van der Waals surface area (Å²) in [6.45, 7) is 4.86. The van der Waals surface area contributed by atoms with Crippen LogP contribution in [0.25, 0.3) is 0 Å². The number of nitrogens with one attached hydrogen (secondary N) is 1. The van der Waals surface area contributed by atoms with Crippen LogP contribution in [0.2, 0.25) is 0 Å². The van der Waals surface area contributed by atoms with E-state index in [1.165, 1.54) is 31.2 Å². The molecule has 3 N–H and O–H groups in total. The highest BCUT2D eigenvalue weighted by Crippen LogP contribution is 2.24. The van der Waals surface area contributed by atoms with Crippen molar-refractivity contribution in [2.45, 2.75) is 17.9 Å². The Kier molecular flexibility index (Phi) is 7.32. The summed E-state index contributed by atoms with van der Waals surface area (Å²) in [7, 11) is -4.02. The molecule has 0 aromatic heterocycles. The van der Waals surface area contributed by atoms with Crippen LogP contribution in [-0.2, 0) is 19.6 Å². The normalized spacial score (nSPS) is 11.8. The van der Waals surface area contributed by atoms with Gasteiger partial charge in [-0.3, -0.25) is 14.4 Å². The van der Waals surface area contributed by atoms with Crippen LogP contribution in [0.15, 0.2) is 72.1 Å². The topological polar surface area (TPSA) is 136 Å². The Morgan fingerprint density at radius 1 is 1.17 bits per heavy atom. The minimum atomic E-state index is -4.02. The van der Waals surface area contributed by atoms with E-state index in [-0.39, 0.29) is 17.0 Å². The summed E-state index contributed by atoms with van der Waals surface area (Å²) in [5, 5.41) is 1.79. The quantitative estimate of drug-likeness (QED) is 0.483. The summed E-state index contributed by atoms with van der Waals surface area (Å²) < 4.78 is 32.4. The highest BCUT2D eigenvalue weighted by Gasteiger charge is 2.26. The van der Waals surface area contributed by atoms with E-state index in [0.29, 0.717) is 5.69 Å². The van der Waals surface area contributed by atoms with Crippen molar-refractivity contribution < 1.29 is 27.5 Å². The number of imide groups is 1. The number of urea groups is 1. The fourth-order valence-corrected chi connectivity index (χ4v) is 3.95. The van der Waals surface area contributed by atoms with Crippen molar-refractivity contribution in [1.29, 1.82) is 0 Å². The number of nitrogens with two attached hydrogens (primary N) is 1. The summed E-state index contributed by atoms with van der Waals surface area (Å²) in [5.41, 5.74) is 5.20. The second-order valence-electron chi connectivity index (χ2n) is 6.09. The first-order valence-electron chi connectivity index (χ1n) is 8.77. The minimum absolute atomic E-state index is 0.0192. The van der Waals surface area contributed by atoms with Gasteiger partial charge in [-0.15, -0.1) is 6.58 Å².